The van der Waals surface area contributed by atoms with E-state index in [1.165, 1.54) is 13.2 Å². The summed E-state index contributed by atoms with van der Waals surface area (Å²) in [5, 5.41) is 0. The molecule has 8 heteroatoms. The highest BCUT2D eigenvalue weighted by atomic mass is 35.5. The molecule has 4 nitrogen and oxygen atoms in total. The molecule has 1 aromatic carbocycles. The van der Waals surface area contributed by atoms with Crippen LogP contribution in [0, 0.1) is 0 Å². The largest absolute Gasteiger partial charge is 0.468 e. The molecule has 1 aromatic rings. The summed E-state index contributed by atoms with van der Waals surface area (Å²) in [5.41, 5.74) is 4.72. The van der Waals surface area contributed by atoms with Gasteiger partial charge < -0.3 is 15.4 Å². The molecule has 0 unspecified atom stereocenters. The second-order valence-corrected chi connectivity index (χ2v) is 5.18. The number of benzene rings is 1. The highest BCUT2D eigenvalue weighted by Crippen LogP contribution is 2.33. The highest BCUT2D eigenvalue weighted by Gasteiger charge is 2.39. The number of esters is 1. The summed E-state index contributed by atoms with van der Waals surface area (Å²) in [7, 11) is 1.27. The maximum absolute atomic E-state index is 12.7. The van der Waals surface area contributed by atoms with Crippen LogP contribution in [0.15, 0.2) is 24.3 Å². The zero-order valence-electron chi connectivity index (χ0n) is 12.0. The monoisotopic (exact) mass is 338 g/mol. The van der Waals surface area contributed by atoms with E-state index >= 15 is 0 Å². The summed E-state index contributed by atoms with van der Waals surface area (Å²) in [6.07, 6.45) is -3.68. The fourth-order valence-electron chi connectivity index (χ4n) is 2.45. The van der Waals surface area contributed by atoms with E-state index in [-0.39, 0.29) is 12.4 Å². The van der Waals surface area contributed by atoms with Crippen LogP contribution >= 0.6 is 12.4 Å². The predicted octanol–water partition coefficient (Wildman–Crippen LogP) is 2.60. The van der Waals surface area contributed by atoms with Gasteiger partial charge in [-0.25, -0.2) is 0 Å². The van der Waals surface area contributed by atoms with E-state index in [0.717, 1.165) is 12.1 Å². The topological polar surface area (TPSA) is 55.6 Å². The van der Waals surface area contributed by atoms with Crippen molar-refractivity contribution < 1.29 is 22.7 Å². The number of hydrogen-bond donors (Lipinski definition) is 1. The maximum atomic E-state index is 12.7. The first-order valence-electron chi connectivity index (χ1n) is 6.56. The fourth-order valence-corrected chi connectivity index (χ4v) is 2.45. The Balaban J connectivity index is 0.00000242. The van der Waals surface area contributed by atoms with Gasteiger partial charge in [-0.05, 0) is 31.0 Å². The van der Waals surface area contributed by atoms with E-state index < -0.39 is 23.2 Å². The molecule has 2 N–H and O–H groups in total. The number of rotatable bonds is 2. The molecule has 0 saturated carbocycles. The summed E-state index contributed by atoms with van der Waals surface area (Å²) >= 11 is 0. The minimum atomic E-state index is -4.37. The molecule has 0 aromatic heterocycles. The van der Waals surface area contributed by atoms with Gasteiger partial charge in [0.2, 0.25) is 0 Å². The lowest BCUT2D eigenvalue weighted by Crippen LogP contribution is -2.56. The normalized spacial score (nSPS) is 17.6. The van der Waals surface area contributed by atoms with Crippen molar-refractivity contribution in [1.82, 2.24) is 0 Å². The number of nitrogens with two attached hydrogens (primary N) is 1. The average Bonchev–Trinajstić information content (AvgIpc) is 2.46. The molecule has 0 spiro atoms. The molecular formula is C14H18ClF3N2O2. The van der Waals surface area contributed by atoms with Crippen molar-refractivity contribution in [2.24, 2.45) is 5.73 Å². The molecule has 2 rings (SSSR count). The third-order valence-corrected chi connectivity index (χ3v) is 3.79. The molecule has 0 aliphatic carbocycles. The molecule has 0 atom stereocenters. The van der Waals surface area contributed by atoms with Gasteiger partial charge in [0.15, 0.2) is 0 Å². The van der Waals surface area contributed by atoms with Gasteiger partial charge >= 0.3 is 12.1 Å². The first-order chi connectivity index (χ1) is 9.76. The summed E-state index contributed by atoms with van der Waals surface area (Å²) in [5.74, 6) is -0.480. The van der Waals surface area contributed by atoms with Crippen LogP contribution in [0.3, 0.4) is 0 Å². The van der Waals surface area contributed by atoms with E-state index in [4.69, 9.17) is 5.73 Å². The number of carbonyl (C=O) groups is 1. The summed E-state index contributed by atoms with van der Waals surface area (Å²) in [6, 6.07) is 5.15. The lowest BCUT2D eigenvalue weighted by atomic mass is 9.88. The van der Waals surface area contributed by atoms with Gasteiger partial charge in [-0.15, -0.1) is 12.4 Å². The first kappa shape index (κ1) is 18.6. The number of piperidine rings is 1. The Morgan fingerprint density at radius 3 is 2.41 bits per heavy atom. The van der Waals surface area contributed by atoms with Crippen LogP contribution in [0.5, 0.6) is 0 Å². The number of ether oxygens (including phenoxy) is 1. The Kier molecular flexibility index (Phi) is 5.70. The molecule has 1 saturated heterocycles. The van der Waals surface area contributed by atoms with Crippen molar-refractivity contribution in [3.63, 3.8) is 0 Å². The maximum Gasteiger partial charge on any atom is 0.416 e. The van der Waals surface area contributed by atoms with E-state index in [9.17, 15) is 18.0 Å². The van der Waals surface area contributed by atoms with Gasteiger partial charge in [0, 0.05) is 18.8 Å². The number of methoxy groups -OCH3 is 1. The number of alkyl halides is 3. The fraction of sp³-hybridized carbons (Fsp3) is 0.500. The standard InChI is InChI=1S/C14H17F3N2O2.ClH/c1-21-12(20)13(18)5-7-19(8-6-13)11-4-2-3-10(9-11)14(15,16)17;/h2-4,9H,5-8,18H2,1H3;1H. The smallest absolute Gasteiger partial charge is 0.416 e. The van der Waals surface area contributed by atoms with Gasteiger partial charge in [-0.1, -0.05) is 6.07 Å². The Hall–Kier alpha value is -1.47. The van der Waals surface area contributed by atoms with Crippen LogP contribution in [0.1, 0.15) is 18.4 Å². The number of nitrogens with zero attached hydrogens (tertiary/aromatic N) is 1. The summed E-state index contributed by atoms with van der Waals surface area (Å²) in [6.45, 7) is 0.819. The van der Waals surface area contributed by atoms with E-state index in [2.05, 4.69) is 4.74 Å². The third-order valence-electron chi connectivity index (χ3n) is 3.79. The summed E-state index contributed by atoms with van der Waals surface area (Å²) in [4.78, 5) is 13.4. The zero-order valence-corrected chi connectivity index (χ0v) is 12.8. The van der Waals surface area contributed by atoms with Crippen LogP contribution in [0.2, 0.25) is 0 Å². The minimum Gasteiger partial charge on any atom is -0.468 e. The van der Waals surface area contributed by atoms with Crippen molar-refractivity contribution in [3.8, 4) is 0 Å². The van der Waals surface area contributed by atoms with Crippen molar-refractivity contribution in [1.29, 1.82) is 0 Å². The molecule has 0 radical (unpaired) electrons. The van der Waals surface area contributed by atoms with E-state index in [1.807, 2.05) is 0 Å². The molecular weight excluding hydrogens is 321 g/mol. The second kappa shape index (κ2) is 6.75. The van der Waals surface area contributed by atoms with Crippen molar-refractivity contribution in [2.75, 3.05) is 25.1 Å². The van der Waals surface area contributed by atoms with Crippen molar-refractivity contribution >= 4 is 24.1 Å². The molecule has 1 heterocycles. The van der Waals surface area contributed by atoms with Gasteiger partial charge in [-0.3, -0.25) is 4.79 Å². The quantitative estimate of drug-likeness (QED) is 0.842. The van der Waals surface area contributed by atoms with Gasteiger partial charge in [0.05, 0.1) is 12.7 Å². The Morgan fingerprint density at radius 2 is 1.91 bits per heavy atom. The van der Waals surface area contributed by atoms with Gasteiger partial charge in [-0.2, -0.15) is 13.2 Å². The van der Waals surface area contributed by atoms with Crippen LogP contribution in [0.25, 0.3) is 0 Å². The minimum absolute atomic E-state index is 0. The highest BCUT2D eigenvalue weighted by molar-refractivity contribution is 5.85. The molecule has 1 fully saturated rings. The zero-order chi connectivity index (χ0) is 15.7. The lowest BCUT2D eigenvalue weighted by Gasteiger charge is -2.38. The van der Waals surface area contributed by atoms with E-state index in [0.29, 0.717) is 31.6 Å². The third kappa shape index (κ3) is 3.84. The lowest BCUT2D eigenvalue weighted by molar-refractivity contribution is -0.147. The second-order valence-electron chi connectivity index (χ2n) is 5.18. The Bertz CT molecular complexity index is 529. The van der Waals surface area contributed by atoms with Crippen molar-refractivity contribution in [3.05, 3.63) is 29.8 Å². The molecule has 0 bridgehead atoms. The average molecular weight is 339 g/mol. The number of anilines is 1. The SMILES string of the molecule is COC(=O)C1(N)CCN(c2cccc(C(F)(F)F)c2)CC1.Cl. The van der Waals surface area contributed by atoms with Crippen LogP contribution < -0.4 is 10.6 Å². The number of halogens is 4. The van der Waals surface area contributed by atoms with Crippen LogP contribution in [-0.4, -0.2) is 31.7 Å². The molecule has 1 aliphatic rings. The van der Waals surface area contributed by atoms with Gasteiger partial charge in [0.1, 0.15) is 5.54 Å². The van der Waals surface area contributed by atoms with Crippen LogP contribution in [0.4, 0.5) is 18.9 Å². The Morgan fingerprint density at radius 1 is 1.32 bits per heavy atom. The molecule has 22 heavy (non-hydrogen) atoms. The molecule has 1 aliphatic heterocycles. The Labute approximate surface area is 132 Å². The predicted molar refractivity (Wildman–Crippen MR) is 79.1 cm³/mol. The first-order valence-corrected chi connectivity index (χ1v) is 6.56. The van der Waals surface area contributed by atoms with Gasteiger partial charge in [0.25, 0.3) is 0 Å². The van der Waals surface area contributed by atoms with E-state index in [1.54, 1.807) is 11.0 Å². The number of hydrogen-bond acceptors (Lipinski definition) is 4. The van der Waals surface area contributed by atoms with Crippen molar-refractivity contribution in [2.45, 2.75) is 24.6 Å². The van der Waals surface area contributed by atoms with Crippen LogP contribution in [-0.2, 0) is 15.7 Å². The molecule has 124 valence electrons. The number of carbonyl (C=O) groups excluding carboxylic acids is 1. The molecule has 0 amide bonds. The summed E-state index contributed by atoms with van der Waals surface area (Å²) < 4.78 is 42.8.